The van der Waals surface area contributed by atoms with E-state index in [1.165, 1.54) is 0 Å². The molecule has 0 aliphatic carbocycles. The molecule has 3 heteroatoms. The first kappa shape index (κ1) is 14.3. The van der Waals surface area contributed by atoms with Crippen LogP contribution in [0.2, 0.25) is 0 Å². The predicted molar refractivity (Wildman–Crippen MR) is 82.2 cm³/mol. The fraction of sp³-hybridized carbons (Fsp3) is 0.250. The van der Waals surface area contributed by atoms with Gasteiger partial charge in [-0.2, -0.15) is 0 Å². The molecule has 0 spiro atoms. The minimum atomic E-state index is -0.511. The van der Waals surface area contributed by atoms with Crippen LogP contribution in [0, 0.1) is 0 Å². The molecule has 0 saturated carbocycles. The molecule has 2 aromatic rings. The molecule has 2 atom stereocenters. The summed E-state index contributed by atoms with van der Waals surface area (Å²) in [4.78, 5) is 0. The summed E-state index contributed by atoms with van der Waals surface area (Å²) >= 11 is 3.41. The van der Waals surface area contributed by atoms with Crippen LogP contribution >= 0.6 is 15.9 Å². The van der Waals surface area contributed by atoms with Crippen LogP contribution in [0.4, 0.5) is 0 Å². The summed E-state index contributed by atoms with van der Waals surface area (Å²) in [6, 6.07) is 18.0. The normalized spacial score (nSPS) is 14.1. The minimum Gasteiger partial charge on any atom is -0.388 e. The van der Waals surface area contributed by atoms with E-state index in [1.54, 1.807) is 0 Å². The Kier molecular flexibility index (Phi) is 5.14. The Bertz CT molecular complexity index is 498. The third kappa shape index (κ3) is 3.66. The lowest BCUT2D eigenvalue weighted by Gasteiger charge is -2.23. The molecule has 2 nitrogen and oxygen atoms in total. The quantitative estimate of drug-likeness (QED) is 0.884. The predicted octanol–water partition coefficient (Wildman–Crippen LogP) is 3.49. The molecule has 0 aromatic heterocycles. The SMILES string of the molecule is CNC[C@@H](c1ccccc1)[C@@H](O)c1ccc(Br)cc1. The van der Waals surface area contributed by atoms with E-state index in [4.69, 9.17) is 0 Å². The second kappa shape index (κ2) is 6.85. The lowest BCUT2D eigenvalue weighted by molar-refractivity contribution is 0.144. The molecule has 0 aliphatic rings. The van der Waals surface area contributed by atoms with Gasteiger partial charge in [0.1, 0.15) is 0 Å². The molecule has 2 N–H and O–H groups in total. The third-order valence-electron chi connectivity index (χ3n) is 3.24. The molecule has 100 valence electrons. The summed E-state index contributed by atoms with van der Waals surface area (Å²) in [5, 5.41) is 13.8. The zero-order chi connectivity index (χ0) is 13.7. The summed E-state index contributed by atoms with van der Waals surface area (Å²) in [6.07, 6.45) is -0.511. The van der Waals surface area contributed by atoms with Crippen molar-refractivity contribution in [3.8, 4) is 0 Å². The van der Waals surface area contributed by atoms with Gasteiger partial charge < -0.3 is 10.4 Å². The number of halogens is 1. The first-order valence-electron chi connectivity index (χ1n) is 6.35. The molecule has 0 amide bonds. The highest BCUT2D eigenvalue weighted by Gasteiger charge is 2.21. The molecule has 19 heavy (non-hydrogen) atoms. The van der Waals surface area contributed by atoms with Crippen molar-refractivity contribution in [2.24, 2.45) is 0 Å². The van der Waals surface area contributed by atoms with E-state index < -0.39 is 6.10 Å². The molecule has 0 saturated heterocycles. The molecule has 0 radical (unpaired) electrons. The first-order chi connectivity index (χ1) is 9.22. The highest BCUT2D eigenvalue weighted by molar-refractivity contribution is 9.10. The van der Waals surface area contributed by atoms with Crippen LogP contribution in [0.25, 0.3) is 0 Å². The maximum absolute atomic E-state index is 10.6. The van der Waals surface area contributed by atoms with Crippen molar-refractivity contribution in [3.63, 3.8) is 0 Å². The molecule has 2 rings (SSSR count). The van der Waals surface area contributed by atoms with Crippen molar-refractivity contribution in [1.29, 1.82) is 0 Å². The van der Waals surface area contributed by atoms with Gasteiger partial charge in [-0.3, -0.25) is 0 Å². The minimum absolute atomic E-state index is 0.0485. The van der Waals surface area contributed by atoms with Gasteiger partial charge in [-0.1, -0.05) is 58.4 Å². The number of aliphatic hydroxyl groups is 1. The van der Waals surface area contributed by atoms with Gasteiger partial charge in [-0.15, -0.1) is 0 Å². The van der Waals surface area contributed by atoms with Crippen molar-refractivity contribution < 1.29 is 5.11 Å². The van der Waals surface area contributed by atoms with Gasteiger partial charge in [-0.25, -0.2) is 0 Å². The zero-order valence-electron chi connectivity index (χ0n) is 10.9. The number of rotatable bonds is 5. The molecule has 0 unspecified atom stereocenters. The third-order valence-corrected chi connectivity index (χ3v) is 3.77. The number of hydrogen-bond donors (Lipinski definition) is 2. The lowest BCUT2D eigenvalue weighted by atomic mass is 9.89. The molecule has 2 aromatic carbocycles. The van der Waals surface area contributed by atoms with Crippen LogP contribution < -0.4 is 5.32 Å². The standard InChI is InChI=1S/C16H18BrNO/c1-18-11-15(12-5-3-2-4-6-12)16(19)13-7-9-14(17)10-8-13/h2-10,15-16,18-19H,11H2,1H3/t15-,16-/m0/s1. The topological polar surface area (TPSA) is 32.3 Å². The second-order valence-corrected chi connectivity index (χ2v) is 5.49. The summed E-state index contributed by atoms with van der Waals surface area (Å²) in [6.45, 7) is 0.737. The monoisotopic (exact) mass is 319 g/mol. The zero-order valence-corrected chi connectivity index (χ0v) is 12.5. The highest BCUT2D eigenvalue weighted by atomic mass is 79.9. The Morgan fingerprint density at radius 1 is 1.00 bits per heavy atom. The van der Waals surface area contributed by atoms with Crippen molar-refractivity contribution in [2.45, 2.75) is 12.0 Å². The summed E-state index contributed by atoms with van der Waals surface area (Å²) in [5.41, 5.74) is 2.08. The number of aliphatic hydroxyl groups excluding tert-OH is 1. The van der Waals surface area contributed by atoms with E-state index in [0.717, 1.165) is 22.1 Å². The molecular formula is C16H18BrNO. The van der Waals surface area contributed by atoms with Gasteiger partial charge in [0, 0.05) is 16.9 Å². The summed E-state index contributed by atoms with van der Waals surface area (Å²) in [5.74, 6) is 0.0485. The smallest absolute Gasteiger partial charge is 0.0870 e. The molecular weight excluding hydrogens is 302 g/mol. The second-order valence-electron chi connectivity index (χ2n) is 4.57. The van der Waals surface area contributed by atoms with Crippen molar-refractivity contribution in [3.05, 3.63) is 70.2 Å². The molecule has 0 fully saturated rings. The maximum atomic E-state index is 10.6. The number of hydrogen-bond acceptors (Lipinski definition) is 2. The van der Waals surface area contributed by atoms with Gasteiger partial charge in [0.2, 0.25) is 0 Å². The molecule has 0 aliphatic heterocycles. The van der Waals surface area contributed by atoms with E-state index in [9.17, 15) is 5.11 Å². The van der Waals surface area contributed by atoms with E-state index in [2.05, 4.69) is 33.4 Å². The first-order valence-corrected chi connectivity index (χ1v) is 7.14. The Balaban J connectivity index is 2.26. The van der Waals surface area contributed by atoms with E-state index in [0.29, 0.717) is 0 Å². The maximum Gasteiger partial charge on any atom is 0.0870 e. The average Bonchev–Trinajstić information content (AvgIpc) is 2.46. The van der Waals surface area contributed by atoms with Crippen LogP contribution in [0.3, 0.4) is 0 Å². The largest absolute Gasteiger partial charge is 0.388 e. The van der Waals surface area contributed by atoms with Crippen LogP contribution in [-0.2, 0) is 0 Å². The van der Waals surface area contributed by atoms with Crippen LogP contribution in [0.5, 0.6) is 0 Å². The molecule has 0 heterocycles. The number of likely N-dealkylation sites (N-methyl/N-ethyl adjacent to an activating group) is 1. The number of nitrogens with one attached hydrogen (secondary N) is 1. The fourth-order valence-corrected chi connectivity index (χ4v) is 2.49. The van der Waals surface area contributed by atoms with E-state index in [1.807, 2.05) is 49.5 Å². The average molecular weight is 320 g/mol. The lowest BCUT2D eigenvalue weighted by Crippen LogP contribution is -2.23. The Morgan fingerprint density at radius 3 is 2.21 bits per heavy atom. The van der Waals surface area contributed by atoms with Gasteiger partial charge in [0.25, 0.3) is 0 Å². The van der Waals surface area contributed by atoms with Crippen molar-refractivity contribution in [1.82, 2.24) is 5.32 Å². The highest BCUT2D eigenvalue weighted by Crippen LogP contribution is 2.30. The van der Waals surface area contributed by atoms with Crippen LogP contribution in [-0.4, -0.2) is 18.7 Å². The summed E-state index contributed by atoms with van der Waals surface area (Å²) in [7, 11) is 1.91. The van der Waals surface area contributed by atoms with E-state index in [-0.39, 0.29) is 5.92 Å². The van der Waals surface area contributed by atoms with Crippen LogP contribution in [0.1, 0.15) is 23.1 Å². The Hall–Kier alpha value is -1.16. The van der Waals surface area contributed by atoms with Gasteiger partial charge in [0.15, 0.2) is 0 Å². The Morgan fingerprint density at radius 2 is 1.63 bits per heavy atom. The van der Waals surface area contributed by atoms with Gasteiger partial charge in [-0.05, 0) is 30.3 Å². The van der Waals surface area contributed by atoms with Gasteiger partial charge >= 0.3 is 0 Å². The summed E-state index contributed by atoms with van der Waals surface area (Å²) < 4.78 is 1.02. The molecule has 0 bridgehead atoms. The Labute approximate surface area is 122 Å². The van der Waals surface area contributed by atoms with E-state index >= 15 is 0 Å². The van der Waals surface area contributed by atoms with Crippen LogP contribution in [0.15, 0.2) is 59.1 Å². The van der Waals surface area contributed by atoms with Gasteiger partial charge in [0.05, 0.1) is 6.10 Å². The van der Waals surface area contributed by atoms with Crippen molar-refractivity contribution >= 4 is 15.9 Å². The van der Waals surface area contributed by atoms with Crippen molar-refractivity contribution in [2.75, 3.05) is 13.6 Å². The fourth-order valence-electron chi connectivity index (χ4n) is 2.22. The number of benzene rings is 2.